The number of amides is 1. The Kier molecular flexibility index (Phi) is 5.91. The van der Waals surface area contributed by atoms with E-state index in [1.807, 2.05) is 24.3 Å². The molecule has 0 aliphatic carbocycles. The zero-order valence-corrected chi connectivity index (χ0v) is 15.2. The molecule has 0 unspecified atom stereocenters. The molecular formula is C20H26N2O4. The first-order valence-corrected chi connectivity index (χ1v) is 9.48. The van der Waals surface area contributed by atoms with Gasteiger partial charge in [0.1, 0.15) is 11.6 Å². The van der Waals surface area contributed by atoms with Gasteiger partial charge >= 0.3 is 5.97 Å². The second-order valence-electron chi connectivity index (χ2n) is 7.00. The predicted octanol–water partition coefficient (Wildman–Crippen LogP) is 4.16. The number of carbonyl (C=O) groups is 2. The van der Waals surface area contributed by atoms with Crippen LogP contribution in [0, 0.1) is 5.92 Å². The van der Waals surface area contributed by atoms with E-state index in [2.05, 4.69) is 11.9 Å². The maximum atomic E-state index is 13.1. The van der Waals surface area contributed by atoms with Crippen LogP contribution in [0.2, 0.25) is 0 Å². The fraction of sp³-hybridized carbons (Fsp3) is 0.550. The molecule has 1 aromatic carbocycles. The van der Waals surface area contributed by atoms with Crippen molar-refractivity contribution < 1.29 is 19.1 Å². The quantitative estimate of drug-likeness (QED) is 0.716. The first-order valence-electron chi connectivity index (χ1n) is 9.48. The summed E-state index contributed by atoms with van der Waals surface area (Å²) in [6.07, 6.45) is 5.12. The van der Waals surface area contributed by atoms with E-state index in [4.69, 9.17) is 4.42 Å². The summed E-state index contributed by atoms with van der Waals surface area (Å²) in [4.78, 5) is 30.6. The Morgan fingerprint density at radius 1 is 1.35 bits per heavy atom. The Labute approximate surface area is 153 Å². The number of benzene rings is 1. The largest absolute Gasteiger partial charge is 0.481 e. The lowest BCUT2D eigenvalue weighted by Crippen LogP contribution is -2.36. The molecule has 2 heterocycles. The van der Waals surface area contributed by atoms with E-state index in [0.29, 0.717) is 24.4 Å². The molecule has 1 aliphatic rings. The lowest BCUT2D eigenvalue weighted by Gasteiger charge is -2.26. The summed E-state index contributed by atoms with van der Waals surface area (Å²) < 4.78 is 5.87. The fourth-order valence-corrected chi connectivity index (χ4v) is 3.72. The molecule has 26 heavy (non-hydrogen) atoms. The summed E-state index contributed by atoms with van der Waals surface area (Å²) in [6, 6.07) is 7.36. The molecule has 6 nitrogen and oxygen atoms in total. The fourth-order valence-electron chi connectivity index (χ4n) is 3.72. The van der Waals surface area contributed by atoms with Crippen LogP contribution in [0.1, 0.15) is 63.8 Å². The van der Waals surface area contributed by atoms with Gasteiger partial charge in [-0.1, -0.05) is 38.3 Å². The van der Waals surface area contributed by atoms with Crippen LogP contribution in [0.15, 0.2) is 28.7 Å². The highest BCUT2D eigenvalue weighted by molar-refractivity contribution is 5.84. The lowest BCUT2D eigenvalue weighted by atomic mass is 9.96. The van der Waals surface area contributed by atoms with E-state index in [9.17, 15) is 14.7 Å². The molecule has 6 heteroatoms. The molecular weight excluding hydrogens is 332 g/mol. The molecule has 1 N–H and O–H groups in total. The molecule has 1 amide bonds. The summed E-state index contributed by atoms with van der Waals surface area (Å²) in [7, 11) is 0. The Morgan fingerprint density at radius 2 is 2.15 bits per heavy atom. The van der Waals surface area contributed by atoms with Crippen molar-refractivity contribution in [1.29, 1.82) is 0 Å². The number of aromatic nitrogens is 1. The van der Waals surface area contributed by atoms with E-state index in [1.165, 1.54) is 0 Å². The molecule has 1 aliphatic heterocycles. The van der Waals surface area contributed by atoms with Gasteiger partial charge in [0.25, 0.3) is 0 Å². The molecule has 0 saturated carbocycles. The van der Waals surface area contributed by atoms with E-state index < -0.39 is 11.9 Å². The predicted molar refractivity (Wildman–Crippen MR) is 97.6 cm³/mol. The summed E-state index contributed by atoms with van der Waals surface area (Å²) in [5.74, 6) is -0.908. The van der Waals surface area contributed by atoms with Crippen LogP contribution in [0.5, 0.6) is 0 Å². The smallest absolute Gasteiger partial charge is 0.304 e. The summed E-state index contributed by atoms with van der Waals surface area (Å²) >= 11 is 0. The number of rotatable bonds is 8. The van der Waals surface area contributed by atoms with Crippen molar-refractivity contribution in [2.75, 3.05) is 6.54 Å². The SMILES string of the molecule is CCCCC[C@H](CC(=O)O)C(=O)N1CCC[C@H]1c1nc2ccccc2o1. The van der Waals surface area contributed by atoms with Gasteiger partial charge in [-0.15, -0.1) is 0 Å². The number of para-hydroxylation sites is 2. The van der Waals surface area contributed by atoms with Crippen LogP contribution < -0.4 is 0 Å². The molecule has 3 rings (SSSR count). The number of unbranched alkanes of at least 4 members (excludes halogenated alkanes) is 2. The van der Waals surface area contributed by atoms with Gasteiger partial charge in [-0.2, -0.15) is 0 Å². The number of hydrogen-bond acceptors (Lipinski definition) is 4. The highest BCUT2D eigenvalue weighted by Gasteiger charge is 2.37. The normalized spacial score (nSPS) is 18.3. The third-order valence-corrected chi connectivity index (χ3v) is 5.06. The van der Waals surface area contributed by atoms with Crippen LogP contribution in [0.3, 0.4) is 0 Å². The van der Waals surface area contributed by atoms with Crippen LogP contribution in [0.4, 0.5) is 0 Å². The molecule has 1 fully saturated rings. The highest BCUT2D eigenvalue weighted by Crippen LogP contribution is 2.35. The summed E-state index contributed by atoms with van der Waals surface area (Å²) in [6.45, 7) is 2.73. The Balaban J connectivity index is 1.78. The van der Waals surface area contributed by atoms with E-state index in [1.54, 1.807) is 4.90 Å². The van der Waals surface area contributed by atoms with Crippen molar-refractivity contribution in [1.82, 2.24) is 9.88 Å². The maximum absolute atomic E-state index is 13.1. The molecule has 0 radical (unpaired) electrons. The van der Waals surface area contributed by atoms with Gasteiger partial charge in [-0.05, 0) is 31.4 Å². The number of carboxylic acid groups (broad SMARTS) is 1. The van der Waals surface area contributed by atoms with Crippen LogP contribution in [-0.2, 0) is 9.59 Å². The number of likely N-dealkylation sites (tertiary alicyclic amines) is 1. The van der Waals surface area contributed by atoms with Gasteiger partial charge in [0, 0.05) is 12.5 Å². The van der Waals surface area contributed by atoms with Crippen molar-refractivity contribution in [3.8, 4) is 0 Å². The average molecular weight is 358 g/mol. The number of oxazole rings is 1. The molecule has 140 valence electrons. The summed E-state index contributed by atoms with van der Waals surface area (Å²) in [5, 5.41) is 9.21. The maximum Gasteiger partial charge on any atom is 0.304 e. The van der Waals surface area contributed by atoms with E-state index in [-0.39, 0.29) is 18.4 Å². The van der Waals surface area contributed by atoms with Gasteiger partial charge in [-0.3, -0.25) is 9.59 Å². The monoisotopic (exact) mass is 358 g/mol. The van der Waals surface area contributed by atoms with Crippen LogP contribution >= 0.6 is 0 Å². The van der Waals surface area contributed by atoms with Gasteiger partial charge < -0.3 is 14.4 Å². The molecule has 2 atom stereocenters. The topological polar surface area (TPSA) is 83.6 Å². The number of carbonyl (C=O) groups excluding carboxylic acids is 1. The van der Waals surface area contributed by atoms with Crippen LogP contribution in [-0.4, -0.2) is 33.4 Å². The number of nitrogens with zero attached hydrogens (tertiary/aromatic N) is 2. The second kappa shape index (κ2) is 8.34. The highest BCUT2D eigenvalue weighted by atomic mass is 16.4. The van der Waals surface area contributed by atoms with Crippen molar-refractivity contribution in [3.63, 3.8) is 0 Å². The average Bonchev–Trinajstić information content (AvgIpc) is 3.26. The van der Waals surface area contributed by atoms with Crippen molar-refractivity contribution >= 4 is 23.0 Å². The molecule has 2 aromatic rings. The Bertz CT molecular complexity index is 737. The minimum absolute atomic E-state index is 0.0757. The van der Waals surface area contributed by atoms with Gasteiger partial charge in [0.2, 0.25) is 11.8 Å². The van der Waals surface area contributed by atoms with E-state index in [0.717, 1.165) is 37.6 Å². The number of carboxylic acids is 1. The number of hydrogen-bond donors (Lipinski definition) is 1. The van der Waals surface area contributed by atoms with Crippen molar-refractivity contribution in [2.24, 2.45) is 5.92 Å². The summed E-state index contributed by atoms with van der Waals surface area (Å²) in [5.41, 5.74) is 1.50. The number of aliphatic carboxylic acids is 1. The standard InChI is InChI=1S/C20H26N2O4/c1-2-3-4-8-14(13-18(23)24)20(25)22-12-7-10-16(22)19-21-15-9-5-6-11-17(15)26-19/h5-6,9,11,14,16H,2-4,7-8,10,12-13H2,1H3,(H,23,24)/t14-,16+/m1/s1. The van der Waals surface area contributed by atoms with Gasteiger partial charge in [0.15, 0.2) is 5.58 Å². The lowest BCUT2D eigenvalue weighted by molar-refractivity contribution is -0.145. The third-order valence-electron chi connectivity index (χ3n) is 5.06. The number of fused-ring (bicyclic) bond motifs is 1. The zero-order chi connectivity index (χ0) is 18.5. The molecule has 1 saturated heterocycles. The van der Waals surface area contributed by atoms with Crippen molar-refractivity contribution in [2.45, 2.75) is 57.9 Å². The zero-order valence-electron chi connectivity index (χ0n) is 15.2. The van der Waals surface area contributed by atoms with Gasteiger partial charge in [0.05, 0.1) is 6.42 Å². The van der Waals surface area contributed by atoms with Crippen LogP contribution in [0.25, 0.3) is 11.1 Å². The third kappa shape index (κ3) is 4.06. The first kappa shape index (κ1) is 18.4. The minimum atomic E-state index is -0.919. The van der Waals surface area contributed by atoms with Gasteiger partial charge in [-0.25, -0.2) is 4.98 Å². The first-order chi connectivity index (χ1) is 12.6. The minimum Gasteiger partial charge on any atom is -0.481 e. The van der Waals surface area contributed by atoms with E-state index >= 15 is 0 Å². The van der Waals surface area contributed by atoms with Crippen molar-refractivity contribution in [3.05, 3.63) is 30.2 Å². The molecule has 0 spiro atoms. The second-order valence-corrected chi connectivity index (χ2v) is 7.00. The molecule has 0 bridgehead atoms. The Hall–Kier alpha value is -2.37. The Morgan fingerprint density at radius 3 is 2.88 bits per heavy atom. The molecule has 1 aromatic heterocycles.